The number of amides is 1. The molecule has 0 aliphatic rings. The van der Waals surface area contributed by atoms with Crippen LogP contribution in [-0.4, -0.2) is 21.2 Å². The number of nitriles is 1. The third kappa shape index (κ3) is 5.14. The van der Waals surface area contributed by atoms with E-state index >= 15 is 0 Å². The number of halogens is 1. The number of hydrogen-bond acceptors (Lipinski definition) is 5. The molecule has 4 aromatic rings. The van der Waals surface area contributed by atoms with Crippen LogP contribution in [0.5, 0.6) is 0 Å². The predicted octanol–water partition coefficient (Wildman–Crippen LogP) is 5.27. The third-order valence-electron chi connectivity index (χ3n) is 5.35. The summed E-state index contributed by atoms with van der Waals surface area (Å²) in [7, 11) is 0. The molecule has 1 amide bonds. The minimum absolute atomic E-state index is 0.0884. The van der Waals surface area contributed by atoms with Gasteiger partial charge in [0.15, 0.2) is 5.16 Å². The molecule has 1 N–H and O–H groups in total. The van der Waals surface area contributed by atoms with Gasteiger partial charge in [0, 0.05) is 5.02 Å². The Kier molecular flexibility index (Phi) is 7.31. The molecule has 1 aromatic heterocycles. The van der Waals surface area contributed by atoms with E-state index in [4.69, 9.17) is 16.9 Å². The van der Waals surface area contributed by atoms with Crippen molar-refractivity contribution < 1.29 is 4.79 Å². The van der Waals surface area contributed by atoms with Gasteiger partial charge in [-0.25, -0.2) is 4.98 Å². The molecule has 3 aromatic carbocycles. The fourth-order valence-corrected chi connectivity index (χ4v) is 4.55. The molecule has 0 saturated heterocycles. The highest BCUT2D eigenvalue weighted by Crippen LogP contribution is 2.23. The summed E-state index contributed by atoms with van der Waals surface area (Å²) in [4.78, 5) is 30.8. The lowest BCUT2D eigenvalue weighted by atomic mass is 10.0. The molecule has 170 valence electrons. The van der Waals surface area contributed by atoms with E-state index in [9.17, 15) is 9.59 Å². The smallest absolute Gasteiger partial charge is 0.266 e. The Morgan fingerprint density at radius 2 is 1.82 bits per heavy atom. The molecule has 1 heterocycles. The fourth-order valence-electron chi connectivity index (χ4n) is 3.60. The molecular weight excluding hydrogens is 468 g/mol. The van der Waals surface area contributed by atoms with Crippen molar-refractivity contribution in [2.24, 2.45) is 0 Å². The number of carbonyl (C=O) groups excluding carboxylic acids is 1. The van der Waals surface area contributed by atoms with Gasteiger partial charge < -0.3 is 5.32 Å². The maximum Gasteiger partial charge on any atom is 0.266 e. The molecule has 0 bridgehead atoms. The van der Waals surface area contributed by atoms with E-state index in [-0.39, 0.29) is 23.3 Å². The standard InChI is InChI=1S/C26H21ClN4O2S/c1-2-22(18-9-11-19(27)12-10-18)29-24(32)16-34-26-30-23-6-4-3-5-21(23)25(33)31(26)20-13-7-17(15-28)8-14-20/h3-14,22H,2,16H2,1H3,(H,29,32). The largest absolute Gasteiger partial charge is 0.349 e. The molecule has 0 fully saturated rings. The number of nitrogens with zero attached hydrogens (tertiary/aromatic N) is 3. The topological polar surface area (TPSA) is 87.8 Å². The number of nitrogens with one attached hydrogen (secondary N) is 1. The quantitative estimate of drug-likeness (QED) is 0.283. The molecular formula is C26H21ClN4O2S. The first-order chi connectivity index (χ1) is 16.5. The number of benzene rings is 3. The summed E-state index contributed by atoms with van der Waals surface area (Å²) in [6.45, 7) is 2.00. The number of rotatable bonds is 7. The number of thioether (sulfide) groups is 1. The number of hydrogen-bond donors (Lipinski definition) is 1. The number of aromatic nitrogens is 2. The van der Waals surface area contributed by atoms with Crippen molar-refractivity contribution in [2.45, 2.75) is 24.5 Å². The van der Waals surface area contributed by atoms with Gasteiger partial charge in [0.25, 0.3) is 5.56 Å². The monoisotopic (exact) mass is 488 g/mol. The van der Waals surface area contributed by atoms with Gasteiger partial charge in [-0.05, 0) is 60.5 Å². The normalized spacial score (nSPS) is 11.7. The highest BCUT2D eigenvalue weighted by Gasteiger charge is 2.17. The first-order valence-electron chi connectivity index (χ1n) is 10.7. The van der Waals surface area contributed by atoms with E-state index in [1.165, 1.54) is 16.3 Å². The Morgan fingerprint density at radius 1 is 1.12 bits per heavy atom. The van der Waals surface area contributed by atoms with Crippen LogP contribution in [0.3, 0.4) is 0 Å². The predicted molar refractivity (Wildman–Crippen MR) is 135 cm³/mol. The second-order valence-corrected chi connectivity index (χ2v) is 8.96. The summed E-state index contributed by atoms with van der Waals surface area (Å²) >= 11 is 7.17. The number of carbonyl (C=O) groups is 1. The summed E-state index contributed by atoms with van der Waals surface area (Å²) < 4.78 is 1.48. The molecule has 8 heteroatoms. The Bertz CT molecular complexity index is 1430. The molecule has 0 aliphatic carbocycles. The zero-order valence-corrected chi connectivity index (χ0v) is 19.9. The Balaban J connectivity index is 1.61. The van der Waals surface area contributed by atoms with Crippen LogP contribution in [0.25, 0.3) is 16.6 Å². The van der Waals surface area contributed by atoms with E-state index in [1.54, 1.807) is 54.6 Å². The average molecular weight is 489 g/mol. The van der Waals surface area contributed by atoms with Gasteiger partial charge in [-0.2, -0.15) is 5.26 Å². The van der Waals surface area contributed by atoms with Gasteiger partial charge in [-0.1, -0.05) is 54.6 Å². The van der Waals surface area contributed by atoms with Crippen molar-refractivity contribution in [1.82, 2.24) is 14.9 Å². The lowest BCUT2D eigenvalue weighted by Gasteiger charge is -2.18. The zero-order valence-electron chi connectivity index (χ0n) is 18.4. The van der Waals surface area contributed by atoms with Crippen molar-refractivity contribution >= 4 is 40.2 Å². The number of fused-ring (bicyclic) bond motifs is 1. The van der Waals surface area contributed by atoms with Crippen molar-refractivity contribution in [3.8, 4) is 11.8 Å². The number of para-hydroxylation sites is 1. The van der Waals surface area contributed by atoms with Crippen LogP contribution in [0.15, 0.2) is 82.7 Å². The molecule has 6 nitrogen and oxygen atoms in total. The fraction of sp³-hybridized carbons (Fsp3) is 0.154. The van der Waals surface area contributed by atoms with Gasteiger partial charge in [0.2, 0.25) is 5.91 Å². The van der Waals surface area contributed by atoms with Crippen LogP contribution in [0, 0.1) is 11.3 Å². The van der Waals surface area contributed by atoms with Crippen LogP contribution in [0.4, 0.5) is 0 Å². The third-order valence-corrected chi connectivity index (χ3v) is 6.54. The Morgan fingerprint density at radius 3 is 2.50 bits per heavy atom. The summed E-state index contributed by atoms with van der Waals surface area (Å²) in [5.74, 6) is -0.0777. The van der Waals surface area contributed by atoms with Crippen LogP contribution in [-0.2, 0) is 4.79 Å². The van der Waals surface area contributed by atoms with E-state index < -0.39 is 0 Å². The highest BCUT2D eigenvalue weighted by molar-refractivity contribution is 7.99. The second-order valence-electron chi connectivity index (χ2n) is 7.58. The molecule has 0 radical (unpaired) electrons. The Labute approximate surface area is 206 Å². The van der Waals surface area contributed by atoms with Gasteiger partial charge in [-0.3, -0.25) is 14.2 Å². The minimum atomic E-state index is -0.231. The lowest BCUT2D eigenvalue weighted by Crippen LogP contribution is -2.30. The average Bonchev–Trinajstić information content (AvgIpc) is 2.87. The first kappa shape index (κ1) is 23.6. The van der Waals surface area contributed by atoms with E-state index in [0.717, 1.165) is 12.0 Å². The van der Waals surface area contributed by atoms with Crippen molar-refractivity contribution in [1.29, 1.82) is 5.26 Å². The highest BCUT2D eigenvalue weighted by atomic mass is 35.5. The molecule has 34 heavy (non-hydrogen) atoms. The zero-order chi connectivity index (χ0) is 24.1. The molecule has 0 spiro atoms. The van der Waals surface area contributed by atoms with Gasteiger partial charge >= 0.3 is 0 Å². The minimum Gasteiger partial charge on any atom is -0.349 e. The van der Waals surface area contributed by atoms with Gasteiger partial charge in [0.1, 0.15) is 0 Å². The van der Waals surface area contributed by atoms with Crippen LogP contribution in [0.2, 0.25) is 5.02 Å². The van der Waals surface area contributed by atoms with Gasteiger partial charge in [-0.15, -0.1) is 0 Å². The molecule has 1 unspecified atom stereocenters. The summed E-state index contributed by atoms with van der Waals surface area (Å²) in [5.41, 5.74) is 2.38. The second kappa shape index (κ2) is 10.6. The van der Waals surface area contributed by atoms with Crippen LogP contribution in [0.1, 0.15) is 30.5 Å². The molecule has 4 rings (SSSR count). The van der Waals surface area contributed by atoms with Crippen molar-refractivity contribution in [3.63, 3.8) is 0 Å². The molecule has 1 atom stereocenters. The van der Waals surface area contributed by atoms with E-state index in [1.807, 2.05) is 25.1 Å². The SMILES string of the molecule is CCC(NC(=O)CSc1nc2ccccc2c(=O)n1-c1ccc(C#N)cc1)c1ccc(Cl)cc1. The Hall–Kier alpha value is -3.60. The maximum absolute atomic E-state index is 13.3. The van der Waals surface area contributed by atoms with Crippen molar-refractivity contribution in [3.05, 3.63) is 99.3 Å². The van der Waals surface area contributed by atoms with Gasteiger partial charge in [0.05, 0.1) is 40.0 Å². The molecule has 0 saturated carbocycles. The first-order valence-corrected chi connectivity index (χ1v) is 12.1. The van der Waals surface area contributed by atoms with E-state index in [0.29, 0.717) is 32.3 Å². The van der Waals surface area contributed by atoms with Crippen LogP contribution < -0.4 is 10.9 Å². The molecule has 0 aliphatic heterocycles. The maximum atomic E-state index is 13.3. The summed E-state index contributed by atoms with van der Waals surface area (Å²) in [5, 5.41) is 13.7. The van der Waals surface area contributed by atoms with Crippen molar-refractivity contribution in [2.75, 3.05) is 5.75 Å². The van der Waals surface area contributed by atoms with E-state index in [2.05, 4.69) is 16.4 Å². The summed E-state index contributed by atoms with van der Waals surface area (Å²) in [6, 6.07) is 23.1. The summed E-state index contributed by atoms with van der Waals surface area (Å²) in [6.07, 6.45) is 0.724. The lowest BCUT2D eigenvalue weighted by molar-refractivity contribution is -0.119. The van der Waals surface area contributed by atoms with Crippen LogP contribution >= 0.6 is 23.4 Å².